The van der Waals surface area contributed by atoms with Crippen LogP contribution in [0, 0.1) is 5.82 Å². The maximum Gasteiger partial charge on any atom is 0.249 e. The van der Waals surface area contributed by atoms with E-state index in [4.69, 9.17) is 9.57 Å². The molecule has 5 nitrogen and oxygen atoms in total. The van der Waals surface area contributed by atoms with Crippen LogP contribution in [0.2, 0.25) is 0 Å². The molecule has 1 aromatic carbocycles. The first-order chi connectivity index (χ1) is 8.65. The van der Waals surface area contributed by atoms with E-state index in [0.29, 0.717) is 5.75 Å². The van der Waals surface area contributed by atoms with Crippen LogP contribution in [-0.2, 0) is 9.63 Å². The summed E-state index contributed by atoms with van der Waals surface area (Å²) in [4.78, 5) is 16.6. The summed E-state index contributed by atoms with van der Waals surface area (Å²) in [6.07, 6.45) is -0.512. The molecule has 1 aliphatic heterocycles. The average Bonchev–Trinajstić information content (AvgIpc) is 2.76. The maximum atomic E-state index is 12.8. The first-order valence-electron chi connectivity index (χ1n) is 5.65. The van der Waals surface area contributed by atoms with Crippen LogP contribution >= 0.6 is 0 Å². The summed E-state index contributed by atoms with van der Waals surface area (Å²) in [5.74, 6) is -0.266. The Morgan fingerprint density at radius 3 is 3.11 bits per heavy atom. The first kappa shape index (κ1) is 12.8. The van der Waals surface area contributed by atoms with E-state index < -0.39 is 6.10 Å². The lowest BCUT2D eigenvalue weighted by molar-refractivity contribution is -0.169. The van der Waals surface area contributed by atoms with Gasteiger partial charge in [0.1, 0.15) is 18.2 Å². The SMILES string of the molecule is O=C(CCOc1cccc(F)c1)N1CC(O)CO1. The highest BCUT2D eigenvalue weighted by atomic mass is 19.1. The lowest BCUT2D eigenvalue weighted by Crippen LogP contribution is -2.29. The second-order valence-electron chi connectivity index (χ2n) is 3.96. The average molecular weight is 255 g/mol. The first-order valence-corrected chi connectivity index (χ1v) is 5.65. The van der Waals surface area contributed by atoms with Crippen LogP contribution in [0.15, 0.2) is 24.3 Å². The van der Waals surface area contributed by atoms with Gasteiger partial charge in [-0.25, -0.2) is 9.45 Å². The smallest absolute Gasteiger partial charge is 0.249 e. The molecular formula is C12H14FNO4. The van der Waals surface area contributed by atoms with Gasteiger partial charge in [0.25, 0.3) is 0 Å². The molecule has 0 radical (unpaired) electrons. The third-order valence-corrected chi connectivity index (χ3v) is 2.46. The highest BCUT2D eigenvalue weighted by Gasteiger charge is 2.25. The number of aliphatic hydroxyl groups excluding tert-OH is 1. The molecule has 0 spiro atoms. The van der Waals surface area contributed by atoms with E-state index in [9.17, 15) is 14.3 Å². The zero-order valence-corrected chi connectivity index (χ0v) is 9.71. The number of rotatable bonds is 4. The van der Waals surface area contributed by atoms with Gasteiger partial charge in [-0.3, -0.25) is 9.63 Å². The van der Waals surface area contributed by atoms with E-state index in [2.05, 4.69) is 0 Å². The number of carbonyl (C=O) groups excluding carboxylic acids is 1. The highest BCUT2D eigenvalue weighted by molar-refractivity contribution is 5.75. The van der Waals surface area contributed by atoms with Crippen LogP contribution in [0.25, 0.3) is 0 Å². The van der Waals surface area contributed by atoms with E-state index in [1.54, 1.807) is 6.07 Å². The molecule has 1 atom stereocenters. The van der Waals surface area contributed by atoms with E-state index in [-0.39, 0.29) is 37.9 Å². The van der Waals surface area contributed by atoms with Crippen molar-refractivity contribution in [1.29, 1.82) is 0 Å². The minimum absolute atomic E-state index is 0.114. The fraction of sp³-hybridized carbons (Fsp3) is 0.417. The molecule has 0 bridgehead atoms. The molecule has 0 saturated carbocycles. The zero-order chi connectivity index (χ0) is 13.0. The maximum absolute atomic E-state index is 12.8. The summed E-state index contributed by atoms with van der Waals surface area (Å²) in [6, 6.07) is 5.72. The number of β-amino-alcohol motifs (C(OH)–C–C–N with tert-alkyl or cyclic N) is 1. The van der Waals surface area contributed by atoms with Crippen LogP contribution in [0.3, 0.4) is 0 Å². The lowest BCUT2D eigenvalue weighted by Gasteiger charge is -2.13. The van der Waals surface area contributed by atoms with E-state index >= 15 is 0 Å². The summed E-state index contributed by atoms with van der Waals surface area (Å²) in [6.45, 7) is 0.452. The second kappa shape index (κ2) is 5.79. The minimum atomic E-state index is -0.627. The Balaban J connectivity index is 1.73. The van der Waals surface area contributed by atoms with Crippen LogP contribution < -0.4 is 4.74 Å². The number of halogens is 1. The van der Waals surface area contributed by atoms with Crippen molar-refractivity contribution in [2.24, 2.45) is 0 Å². The van der Waals surface area contributed by atoms with Crippen molar-refractivity contribution in [2.75, 3.05) is 19.8 Å². The van der Waals surface area contributed by atoms with Gasteiger partial charge >= 0.3 is 0 Å². The van der Waals surface area contributed by atoms with Crippen LogP contribution in [0.4, 0.5) is 4.39 Å². The third-order valence-electron chi connectivity index (χ3n) is 2.46. The van der Waals surface area contributed by atoms with Crippen LogP contribution in [0.5, 0.6) is 5.75 Å². The molecule has 1 aromatic rings. The van der Waals surface area contributed by atoms with E-state index in [1.807, 2.05) is 0 Å². The second-order valence-corrected chi connectivity index (χ2v) is 3.96. The van der Waals surface area contributed by atoms with E-state index in [0.717, 1.165) is 5.06 Å². The van der Waals surface area contributed by atoms with Gasteiger partial charge in [0.05, 0.1) is 25.7 Å². The predicted molar refractivity (Wildman–Crippen MR) is 60.2 cm³/mol. The van der Waals surface area contributed by atoms with E-state index in [1.165, 1.54) is 18.2 Å². The lowest BCUT2D eigenvalue weighted by atomic mass is 10.3. The molecule has 1 saturated heterocycles. The number of hydroxylamine groups is 2. The number of carbonyl (C=O) groups is 1. The molecule has 6 heteroatoms. The molecule has 1 aliphatic rings. The predicted octanol–water partition coefficient (Wildman–Crippen LogP) is 0.729. The Bertz CT molecular complexity index is 426. The normalized spacial score (nSPS) is 19.0. The summed E-state index contributed by atoms with van der Waals surface area (Å²) in [5.41, 5.74) is 0. The number of nitrogens with zero attached hydrogens (tertiary/aromatic N) is 1. The fourth-order valence-electron chi connectivity index (χ4n) is 1.58. The summed E-state index contributed by atoms with van der Waals surface area (Å²) < 4.78 is 18.1. The van der Waals surface area contributed by atoms with Crippen molar-refractivity contribution in [3.63, 3.8) is 0 Å². The number of amides is 1. The van der Waals surface area contributed by atoms with Crippen molar-refractivity contribution in [1.82, 2.24) is 5.06 Å². The summed E-state index contributed by atoms with van der Waals surface area (Å²) >= 11 is 0. The number of hydrogen-bond acceptors (Lipinski definition) is 4. The molecule has 98 valence electrons. The molecule has 2 rings (SSSR count). The Morgan fingerprint density at radius 1 is 1.61 bits per heavy atom. The molecule has 0 aliphatic carbocycles. The number of ether oxygens (including phenoxy) is 1. The Morgan fingerprint density at radius 2 is 2.44 bits per heavy atom. The molecule has 1 unspecified atom stereocenters. The van der Waals surface area contributed by atoms with Gasteiger partial charge in [-0.15, -0.1) is 0 Å². The Hall–Kier alpha value is -1.66. The number of hydrogen-bond donors (Lipinski definition) is 1. The van der Waals surface area contributed by atoms with Gasteiger partial charge in [0.15, 0.2) is 0 Å². The number of benzene rings is 1. The third kappa shape index (κ3) is 3.41. The van der Waals surface area contributed by atoms with Gasteiger partial charge in [-0.2, -0.15) is 0 Å². The summed E-state index contributed by atoms with van der Waals surface area (Å²) in [5, 5.41) is 10.3. The molecule has 1 amide bonds. The standard InChI is InChI=1S/C12H14FNO4/c13-9-2-1-3-11(6-9)17-5-4-12(16)14-7-10(15)8-18-14/h1-3,6,10,15H,4-5,7-8H2. The van der Waals surface area contributed by atoms with Crippen molar-refractivity contribution < 1.29 is 23.9 Å². The highest BCUT2D eigenvalue weighted by Crippen LogP contribution is 2.13. The zero-order valence-electron chi connectivity index (χ0n) is 9.71. The molecule has 1 N–H and O–H groups in total. The topological polar surface area (TPSA) is 59.0 Å². The van der Waals surface area contributed by atoms with Crippen molar-refractivity contribution in [3.05, 3.63) is 30.1 Å². The van der Waals surface area contributed by atoms with Crippen molar-refractivity contribution >= 4 is 5.91 Å². The Labute approximate surface area is 104 Å². The van der Waals surface area contributed by atoms with Crippen LogP contribution in [0.1, 0.15) is 6.42 Å². The van der Waals surface area contributed by atoms with Gasteiger partial charge in [-0.1, -0.05) is 6.07 Å². The molecule has 18 heavy (non-hydrogen) atoms. The summed E-state index contributed by atoms with van der Waals surface area (Å²) in [7, 11) is 0. The van der Waals surface area contributed by atoms with Gasteiger partial charge < -0.3 is 9.84 Å². The largest absolute Gasteiger partial charge is 0.493 e. The molecule has 0 aromatic heterocycles. The Kier molecular flexibility index (Phi) is 4.11. The molecular weight excluding hydrogens is 241 g/mol. The minimum Gasteiger partial charge on any atom is -0.493 e. The van der Waals surface area contributed by atoms with Gasteiger partial charge in [0, 0.05) is 6.07 Å². The van der Waals surface area contributed by atoms with Crippen LogP contribution in [-0.4, -0.2) is 41.9 Å². The molecule has 1 fully saturated rings. The number of aliphatic hydroxyl groups is 1. The molecule has 1 heterocycles. The van der Waals surface area contributed by atoms with Crippen molar-refractivity contribution in [3.8, 4) is 5.75 Å². The van der Waals surface area contributed by atoms with Gasteiger partial charge in [-0.05, 0) is 12.1 Å². The van der Waals surface area contributed by atoms with Gasteiger partial charge in [0.2, 0.25) is 5.91 Å². The quantitative estimate of drug-likeness (QED) is 0.861. The van der Waals surface area contributed by atoms with Crippen molar-refractivity contribution in [2.45, 2.75) is 12.5 Å². The monoisotopic (exact) mass is 255 g/mol. The fourth-order valence-corrected chi connectivity index (χ4v) is 1.58.